The molecule has 1 aromatic carbocycles. The maximum Gasteiger partial charge on any atom is 0.280 e. The number of rotatable bonds is 2. The highest BCUT2D eigenvalue weighted by Gasteiger charge is 2.16. The van der Waals surface area contributed by atoms with Gasteiger partial charge in [-0.2, -0.15) is 0 Å². The lowest BCUT2D eigenvalue weighted by Crippen LogP contribution is -2.14. The first-order valence-electron chi connectivity index (χ1n) is 9.54. The maximum atomic E-state index is 12.9. The quantitative estimate of drug-likeness (QED) is 0.754. The summed E-state index contributed by atoms with van der Waals surface area (Å²) in [7, 11) is 1.64. The van der Waals surface area contributed by atoms with Crippen LogP contribution in [0, 0.1) is 0 Å². The number of benzene rings is 1. The van der Waals surface area contributed by atoms with Gasteiger partial charge in [0.25, 0.3) is 5.56 Å². The molecule has 1 aliphatic rings. The first-order valence-corrected chi connectivity index (χ1v) is 9.54. The van der Waals surface area contributed by atoms with Crippen molar-refractivity contribution in [2.75, 3.05) is 7.11 Å². The van der Waals surface area contributed by atoms with Crippen molar-refractivity contribution in [1.82, 2.24) is 14.8 Å². The molecular weight excluding hydrogens is 326 g/mol. The Hall–Kier alpha value is -2.56. The van der Waals surface area contributed by atoms with Crippen molar-refractivity contribution in [2.24, 2.45) is 0 Å². The smallest absolute Gasteiger partial charge is 0.280 e. The number of aromatic amines is 1. The highest BCUT2D eigenvalue weighted by atomic mass is 16.5. The van der Waals surface area contributed by atoms with Crippen LogP contribution in [-0.2, 0) is 12.8 Å². The van der Waals surface area contributed by atoms with E-state index in [0.717, 1.165) is 41.9 Å². The lowest BCUT2D eigenvalue weighted by atomic mass is 9.97. The molecule has 0 bridgehead atoms. The van der Waals surface area contributed by atoms with Gasteiger partial charge in [0.05, 0.1) is 23.7 Å². The Labute approximate surface area is 153 Å². The van der Waals surface area contributed by atoms with E-state index in [-0.39, 0.29) is 5.56 Å². The van der Waals surface area contributed by atoms with Crippen LogP contribution in [0.5, 0.6) is 5.75 Å². The van der Waals surface area contributed by atoms with Crippen molar-refractivity contribution in [3.05, 3.63) is 52.1 Å². The predicted octanol–water partition coefficient (Wildman–Crippen LogP) is 4.16. The van der Waals surface area contributed by atoms with Gasteiger partial charge in [-0.05, 0) is 55.5 Å². The van der Waals surface area contributed by atoms with Crippen LogP contribution in [0.4, 0.5) is 0 Å². The summed E-state index contributed by atoms with van der Waals surface area (Å²) in [4.78, 5) is 17.6. The van der Waals surface area contributed by atoms with Crippen LogP contribution in [-0.4, -0.2) is 21.9 Å². The zero-order valence-electron chi connectivity index (χ0n) is 15.3. The molecule has 0 spiro atoms. The van der Waals surface area contributed by atoms with Crippen LogP contribution < -0.4 is 10.3 Å². The second-order valence-electron chi connectivity index (χ2n) is 7.04. The minimum atomic E-state index is -0.0439. The zero-order chi connectivity index (χ0) is 17.9. The van der Waals surface area contributed by atoms with Crippen molar-refractivity contribution in [3.63, 3.8) is 0 Å². The van der Waals surface area contributed by atoms with Gasteiger partial charge in [-0.25, -0.2) is 4.68 Å². The van der Waals surface area contributed by atoms with E-state index in [1.54, 1.807) is 18.0 Å². The number of nitrogens with zero attached hydrogens (tertiary/aromatic N) is 2. The van der Waals surface area contributed by atoms with Gasteiger partial charge in [0.15, 0.2) is 0 Å². The molecule has 0 atom stereocenters. The average molecular weight is 351 g/mol. The van der Waals surface area contributed by atoms with E-state index in [1.807, 2.05) is 24.3 Å². The minimum absolute atomic E-state index is 0.0439. The summed E-state index contributed by atoms with van der Waals surface area (Å²) in [6.45, 7) is 0. The van der Waals surface area contributed by atoms with E-state index >= 15 is 0 Å². The Bertz CT molecular complexity index is 954. The summed E-state index contributed by atoms with van der Waals surface area (Å²) >= 11 is 0. The minimum Gasteiger partial charge on any atom is -0.497 e. The van der Waals surface area contributed by atoms with E-state index in [4.69, 9.17) is 4.74 Å². The third-order valence-corrected chi connectivity index (χ3v) is 5.35. The van der Waals surface area contributed by atoms with Crippen molar-refractivity contribution < 1.29 is 4.74 Å². The SMILES string of the molecule is COc1ccc(-n2[nH]c3c4c(ncc3c2=O)CCCCCCCC4)cc1. The van der Waals surface area contributed by atoms with Gasteiger partial charge in [-0.1, -0.05) is 25.7 Å². The molecule has 136 valence electrons. The van der Waals surface area contributed by atoms with E-state index in [2.05, 4.69) is 10.1 Å². The molecule has 5 heteroatoms. The van der Waals surface area contributed by atoms with Gasteiger partial charge < -0.3 is 4.74 Å². The highest BCUT2D eigenvalue weighted by Crippen LogP contribution is 2.24. The van der Waals surface area contributed by atoms with Crippen LogP contribution in [0.1, 0.15) is 49.8 Å². The van der Waals surface area contributed by atoms with E-state index in [0.29, 0.717) is 5.39 Å². The molecule has 0 radical (unpaired) electrons. The lowest BCUT2D eigenvalue weighted by molar-refractivity contribution is 0.414. The third kappa shape index (κ3) is 3.14. The fraction of sp³-hybridized carbons (Fsp3) is 0.429. The van der Waals surface area contributed by atoms with Crippen LogP contribution in [0.15, 0.2) is 35.3 Å². The molecule has 0 aliphatic heterocycles. The number of fused-ring (bicyclic) bond motifs is 3. The third-order valence-electron chi connectivity index (χ3n) is 5.35. The summed E-state index contributed by atoms with van der Waals surface area (Å²) < 4.78 is 6.82. The van der Waals surface area contributed by atoms with Crippen LogP contribution in [0.3, 0.4) is 0 Å². The number of hydrogen-bond acceptors (Lipinski definition) is 3. The van der Waals surface area contributed by atoms with E-state index < -0.39 is 0 Å². The van der Waals surface area contributed by atoms with Crippen molar-refractivity contribution in [2.45, 2.75) is 51.4 Å². The lowest BCUT2D eigenvalue weighted by Gasteiger charge is -2.12. The molecule has 0 fully saturated rings. The first-order chi connectivity index (χ1) is 12.8. The van der Waals surface area contributed by atoms with Gasteiger partial charge in [0.1, 0.15) is 5.75 Å². The van der Waals surface area contributed by atoms with Crippen LogP contribution in [0.25, 0.3) is 16.6 Å². The number of pyridine rings is 1. The summed E-state index contributed by atoms with van der Waals surface area (Å²) in [5.74, 6) is 0.775. The molecule has 26 heavy (non-hydrogen) atoms. The number of hydrogen-bond donors (Lipinski definition) is 1. The van der Waals surface area contributed by atoms with Crippen molar-refractivity contribution >= 4 is 10.9 Å². The second-order valence-corrected chi connectivity index (χ2v) is 7.04. The fourth-order valence-corrected chi connectivity index (χ4v) is 3.86. The van der Waals surface area contributed by atoms with Gasteiger partial charge in [0.2, 0.25) is 0 Å². The molecular formula is C21H25N3O2. The molecule has 0 saturated heterocycles. The van der Waals surface area contributed by atoms with E-state index in [1.165, 1.54) is 37.7 Å². The number of nitrogens with one attached hydrogen (secondary N) is 1. The Balaban J connectivity index is 1.81. The van der Waals surface area contributed by atoms with Gasteiger partial charge in [-0.15, -0.1) is 0 Å². The normalized spacial score (nSPS) is 15.6. The molecule has 0 amide bonds. The van der Waals surface area contributed by atoms with Gasteiger partial charge in [-0.3, -0.25) is 14.9 Å². The molecule has 2 heterocycles. The monoisotopic (exact) mass is 351 g/mol. The Morgan fingerprint density at radius 1 is 1.00 bits per heavy atom. The van der Waals surface area contributed by atoms with Crippen molar-refractivity contribution in [3.8, 4) is 11.4 Å². The first kappa shape index (κ1) is 16.9. The summed E-state index contributed by atoms with van der Waals surface area (Å²) in [6, 6.07) is 7.51. The number of aromatic nitrogens is 3. The molecule has 0 saturated carbocycles. The molecule has 1 aliphatic carbocycles. The number of methoxy groups -OCH3 is 1. The summed E-state index contributed by atoms with van der Waals surface area (Å²) in [5.41, 5.74) is 4.10. The largest absolute Gasteiger partial charge is 0.497 e. The number of H-pyrrole nitrogens is 1. The molecule has 1 N–H and O–H groups in total. The second kappa shape index (κ2) is 7.36. The summed E-state index contributed by atoms with van der Waals surface area (Å²) in [5, 5.41) is 4.03. The Morgan fingerprint density at radius 3 is 2.42 bits per heavy atom. The summed E-state index contributed by atoms with van der Waals surface area (Å²) in [6.07, 6.45) is 11.2. The standard InChI is InChI=1S/C21H25N3O2/c1-26-16-12-10-15(11-13-16)24-21(25)18-14-22-19-9-7-5-3-2-4-6-8-17(19)20(18)23-24/h10-14,23H,2-9H2,1H3. The number of aryl methyl sites for hydroxylation is 2. The molecule has 4 rings (SSSR count). The zero-order valence-corrected chi connectivity index (χ0v) is 15.3. The maximum absolute atomic E-state index is 12.9. The number of ether oxygens (including phenoxy) is 1. The fourth-order valence-electron chi connectivity index (χ4n) is 3.86. The predicted molar refractivity (Wildman–Crippen MR) is 103 cm³/mol. The Morgan fingerprint density at radius 2 is 1.69 bits per heavy atom. The highest BCUT2D eigenvalue weighted by molar-refractivity contribution is 5.81. The topological polar surface area (TPSA) is 59.9 Å². The van der Waals surface area contributed by atoms with E-state index in [9.17, 15) is 4.79 Å². The van der Waals surface area contributed by atoms with Crippen LogP contribution >= 0.6 is 0 Å². The molecule has 3 aromatic rings. The van der Waals surface area contributed by atoms with Crippen LogP contribution in [0.2, 0.25) is 0 Å². The molecule has 0 unspecified atom stereocenters. The molecule has 2 aromatic heterocycles. The van der Waals surface area contributed by atoms with Gasteiger partial charge in [0, 0.05) is 11.9 Å². The Kier molecular flexibility index (Phi) is 4.78. The molecule has 5 nitrogen and oxygen atoms in total. The van der Waals surface area contributed by atoms with Crippen molar-refractivity contribution in [1.29, 1.82) is 0 Å². The average Bonchev–Trinajstić information content (AvgIpc) is 3.02. The van der Waals surface area contributed by atoms with Gasteiger partial charge >= 0.3 is 0 Å².